The molecule has 0 saturated heterocycles. The van der Waals surface area contributed by atoms with E-state index in [0.717, 1.165) is 6.26 Å². The van der Waals surface area contributed by atoms with Crippen molar-refractivity contribution in [2.24, 2.45) is 0 Å². The maximum absolute atomic E-state index is 10.8. The molecule has 5 nitrogen and oxygen atoms in total. The standard InChI is InChI=1S/C8H10N2O3S/c1-14(12,13)10-8-4-2-7(3-5-8)9-6-11/h2-6,10H,1H3,(H,9,11). The van der Waals surface area contributed by atoms with Gasteiger partial charge in [0.1, 0.15) is 0 Å². The molecule has 0 radical (unpaired) electrons. The third-order valence-electron chi connectivity index (χ3n) is 1.41. The minimum Gasteiger partial charge on any atom is -0.329 e. The van der Waals surface area contributed by atoms with Gasteiger partial charge in [-0.15, -0.1) is 0 Å². The molecular weight excluding hydrogens is 204 g/mol. The van der Waals surface area contributed by atoms with E-state index >= 15 is 0 Å². The van der Waals surface area contributed by atoms with E-state index in [1.807, 2.05) is 0 Å². The lowest BCUT2D eigenvalue weighted by Crippen LogP contribution is -2.09. The van der Waals surface area contributed by atoms with Crippen LogP contribution in [0.3, 0.4) is 0 Å². The lowest BCUT2D eigenvalue weighted by atomic mass is 10.3. The molecular formula is C8H10N2O3S. The van der Waals surface area contributed by atoms with Crippen LogP contribution in [0, 0.1) is 0 Å². The van der Waals surface area contributed by atoms with Gasteiger partial charge in [0.2, 0.25) is 16.4 Å². The smallest absolute Gasteiger partial charge is 0.229 e. The Labute approximate surface area is 82.2 Å². The number of benzene rings is 1. The maximum Gasteiger partial charge on any atom is 0.229 e. The summed E-state index contributed by atoms with van der Waals surface area (Å²) < 4.78 is 24.0. The van der Waals surface area contributed by atoms with Crippen molar-refractivity contribution in [3.63, 3.8) is 0 Å². The van der Waals surface area contributed by atoms with Crippen LogP contribution in [0.5, 0.6) is 0 Å². The predicted molar refractivity (Wildman–Crippen MR) is 54.6 cm³/mol. The first-order chi connectivity index (χ1) is 6.51. The number of carbonyl (C=O) groups excluding carboxylic acids is 1. The second-order valence-electron chi connectivity index (χ2n) is 2.71. The van der Waals surface area contributed by atoms with Crippen molar-refractivity contribution in [1.29, 1.82) is 0 Å². The highest BCUT2D eigenvalue weighted by Crippen LogP contribution is 2.13. The molecule has 1 aromatic carbocycles. The topological polar surface area (TPSA) is 75.3 Å². The van der Waals surface area contributed by atoms with E-state index < -0.39 is 10.0 Å². The second-order valence-corrected chi connectivity index (χ2v) is 4.46. The zero-order valence-electron chi connectivity index (χ0n) is 7.52. The fourth-order valence-electron chi connectivity index (χ4n) is 0.917. The number of hydrogen-bond donors (Lipinski definition) is 2. The van der Waals surface area contributed by atoms with E-state index in [1.54, 1.807) is 24.3 Å². The van der Waals surface area contributed by atoms with E-state index in [2.05, 4.69) is 10.0 Å². The molecule has 1 amide bonds. The predicted octanol–water partition coefficient (Wildman–Crippen LogP) is 0.626. The number of sulfonamides is 1. The summed E-state index contributed by atoms with van der Waals surface area (Å²) in [6.45, 7) is 0. The third kappa shape index (κ3) is 3.44. The fourth-order valence-corrected chi connectivity index (χ4v) is 1.48. The molecule has 1 rings (SSSR count). The molecule has 0 bridgehead atoms. The van der Waals surface area contributed by atoms with Crippen LogP contribution in [0.25, 0.3) is 0 Å². The number of rotatable bonds is 4. The van der Waals surface area contributed by atoms with Crippen LogP contribution >= 0.6 is 0 Å². The maximum atomic E-state index is 10.8. The average Bonchev–Trinajstić information content (AvgIpc) is 2.06. The van der Waals surface area contributed by atoms with E-state index in [-0.39, 0.29) is 0 Å². The van der Waals surface area contributed by atoms with Crippen LogP contribution in [0.15, 0.2) is 24.3 Å². The normalized spacial score (nSPS) is 10.6. The Morgan fingerprint density at radius 2 is 1.64 bits per heavy atom. The van der Waals surface area contributed by atoms with Gasteiger partial charge in [0.15, 0.2) is 0 Å². The molecule has 0 atom stereocenters. The Bertz CT molecular complexity index is 411. The van der Waals surface area contributed by atoms with Crippen LogP contribution in [0.2, 0.25) is 0 Å². The number of nitrogens with one attached hydrogen (secondary N) is 2. The number of carbonyl (C=O) groups is 1. The van der Waals surface area contributed by atoms with Crippen molar-refractivity contribution in [3.05, 3.63) is 24.3 Å². The van der Waals surface area contributed by atoms with Crippen LogP contribution in [-0.2, 0) is 14.8 Å². The Morgan fingerprint density at radius 3 is 2.07 bits per heavy atom. The number of amides is 1. The van der Waals surface area contributed by atoms with Crippen molar-refractivity contribution < 1.29 is 13.2 Å². The minimum atomic E-state index is -3.24. The lowest BCUT2D eigenvalue weighted by molar-refractivity contribution is -0.105. The molecule has 0 unspecified atom stereocenters. The van der Waals surface area contributed by atoms with Crippen LogP contribution in [0.4, 0.5) is 11.4 Å². The summed E-state index contributed by atoms with van der Waals surface area (Å²) in [5.74, 6) is 0. The molecule has 0 aliphatic carbocycles. The van der Waals surface area contributed by atoms with Gasteiger partial charge in [-0.2, -0.15) is 0 Å². The summed E-state index contributed by atoms with van der Waals surface area (Å²) in [6.07, 6.45) is 1.63. The molecule has 0 aromatic heterocycles. The van der Waals surface area contributed by atoms with Gasteiger partial charge < -0.3 is 5.32 Å². The fraction of sp³-hybridized carbons (Fsp3) is 0.125. The SMILES string of the molecule is CS(=O)(=O)Nc1ccc(NC=O)cc1. The summed E-state index contributed by atoms with van der Waals surface area (Å²) in [6, 6.07) is 6.32. The Morgan fingerprint density at radius 1 is 1.14 bits per heavy atom. The zero-order valence-corrected chi connectivity index (χ0v) is 8.34. The van der Waals surface area contributed by atoms with Crippen molar-refractivity contribution in [1.82, 2.24) is 0 Å². The highest BCUT2D eigenvalue weighted by molar-refractivity contribution is 7.92. The Balaban J connectivity index is 2.78. The Kier molecular flexibility index (Phi) is 3.08. The molecule has 6 heteroatoms. The minimum absolute atomic E-state index is 0.462. The van der Waals surface area contributed by atoms with Crippen LogP contribution < -0.4 is 10.0 Å². The third-order valence-corrected chi connectivity index (χ3v) is 2.02. The summed E-state index contributed by atoms with van der Waals surface area (Å²) in [5.41, 5.74) is 1.07. The van der Waals surface area contributed by atoms with Gasteiger partial charge in [-0.25, -0.2) is 8.42 Å². The van der Waals surface area contributed by atoms with Gasteiger partial charge in [-0.1, -0.05) is 0 Å². The van der Waals surface area contributed by atoms with Gasteiger partial charge >= 0.3 is 0 Å². The van der Waals surface area contributed by atoms with E-state index in [4.69, 9.17) is 0 Å². The summed E-state index contributed by atoms with van der Waals surface area (Å²) in [4.78, 5) is 10.1. The first-order valence-electron chi connectivity index (χ1n) is 3.79. The van der Waals surface area contributed by atoms with Crippen molar-refractivity contribution in [3.8, 4) is 0 Å². The average molecular weight is 214 g/mol. The summed E-state index contributed by atoms with van der Waals surface area (Å²) in [5, 5.41) is 2.44. The van der Waals surface area contributed by atoms with Crippen LogP contribution in [0.1, 0.15) is 0 Å². The van der Waals surface area contributed by atoms with Gasteiger partial charge in [-0.05, 0) is 24.3 Å². The van der Waals surface area contributed by atoms with E-state index in [1.165, 1.54) is 0 Å². The molecule has 0 aliphatic heterocycles. The molecule has 0 aliphatic rings. The first-order valence-corrected chi connectivity index (χ1v) is 5.68. The molecule has 1 aromatic rings. The molecule has 14 heavy (non-hydrogen) atoms. The monoisotopic (exact) mass is 214 g/mol. The molecule has 0 saturated carbocycles. The van der Waals surface area contributed by atoms with Gasteiger partial charge in [0.25, 0.3) is 0 Å². The van der Waals surface area contributed by atoms with Crippen molar-refractivity contribution in [2.45, 2.75) is 0 Å². The van der Waals surface area contributed by atoms with E-state index in [0.29, 0.717) is 17.8 Å². The van der Waals surface area contributed by atoms with Gasteiger partial charge in [0, 0.05) is 11.4 Å². The molecule has 0 heterocycles. The van der Waals surface area contributed by atoms with Gasteiger partial charge in [0.05, 0.1) is 6.26 Å². The number of hydrogen-bond acceptors (Lipinski definition) is 3. The van der Waals surface area contributed by atoms with Crippen LogP contribution in [-0.4, -0.2) is 21.1 Å². The first kappa shape index (κ1) is 10.5. The highest BCUT2D eigenvalue weighted by Gasteiger charge is 2.00. The Hall–Kier alpha value is -1.56. The highest BCUT2D eigenvalue weighted by atomic mass is 32.2. The van der Waals surface area contributed by atoms with Gasteiger partial charge in [-0.3, -0.25) is 9.52 Å². The second kappa shape index (κ2) is 4.10. The summed E-state index contributed by atoms with van der Waals surface area (Å²) in [7, 11) is -3.24. The quantitative estimate of drug-likeness (QED) is 0.722. The van der Waals surface area contributed by atoms with Crippen molar-refractivity contribution in [2.75, 3.05) is 16.3 Å². The molecule has 0 spiro atoms. The molecule has 2 N–H and O–H groups in total. The molecule has 76 valence electrons. The zero-order chi connectivity index (χ0) is 10.6. The lowest BCUT2D eigenvalue weighted by Gasteiger charge is -2.04. The largest absolute Gasteiger partial charge is 0.329 e. The van der Waals surface area contributed by atoms with E-state index in [9.17, 15) is 13.2 Å². The number of anilines is 2. The van der Waals surface area contributed by atoms with Crippen molar-refractivity contribution >= 4 is 27.8 Å². The molecule has 0 fully saturated rings. The summed E-state index contributed by atoms with van der Waals surface area (Å²) >= 11 is 0.